The Morgan fingerprint density at radius 3 is 2.59 bits per heavy atom. The zero-order valence-corrected chi connectivity index (χ0v) is 17.3. The summed E-state index contributed by atoms with van der Waals surface area (Å²) >= 11 is 1.68. The minimum Gasteiger partial charge on any atom is -0.356 e. The minimum atomic E-state index is -0.242. The van der Waals surface area contributed by atoms with Crippen LogP contribution >= 0.6 is 11.8 Å². The second kappa shape index (κ2) is 9.60. The van der Waals surface area contributed by atoms with E-state index in [1.165, 1.54) is 30.8 Å². The van der Waals surface area contributed by atoms with Crippen LogP contribution in [0, 0.1) is 11.8 Å². The highest BCUT2D eigenvalue weighted by molar-refractivity contribution is 7.98. The van der Waals surface area contributed by atoms with E-state index < -0.39 is 0 Å². The normalized spacial score (nSPS) is 21.6. The van der Waals surface area contributed by atoms with Crippen LogP contribution in [-0.2, 0) is 9.59 Å². The average molecular weight is 390 g/mol. The van der Waals surface area contributed by atoms with Crippen molar-refractivity contribution in [2.24, 2.45) is 11.8 Å². The van der Waals surface area contributed by atoms with E-state index in [0.29, 0.717) is 19.5 Å². The molecule has 0 radical (unpaired) electrons. The predicted octanol–water partition coefficient (Wildman–Crippen LogP) is 3.00. The number of hydrogen-bond donors (Lipinski definition) is 1. The number of anilines is 1. The Bertz CT molecular complexity index is 641. The summed E-state index contributed by atoms with van der Waals surface area (Å²) < 4.78 is 0. The molecule has 0 spiro atoms. The average Bonchev–Trinajstić information content (AvgIpc) is 3.08. The van der Waals surface area contributed by atoms with E-state index in [0.717, 1.165) is 24.6 Å². The van der Waals surface area contributed by atoms with Crippen molar-refractivity contribution in [2.75, 3.05) is 43.9 Å². The molecule has 1 aromatic carbocycles. The number of carbonyl (C=O) groups is 2. The molecule has 27 heavy (non-hydrogen) atoms. The third-order valence-corrected chi connectivity index (χ3v) is 6.45. The number of likely N-dealkylation sites (tertiary alicyclic amines) is 1. The van der Waals surface area contributed by atoms with Crippen LogP contribution in [0.3, 0.4) is 0 Å². The van der Waals surface area contributed by atoms with E-state index in [-0.39, 0.29) is 17.7 Å². The zero-order valence-electron chi connectivity index (χ0n) is 16.4. The van der Waals surface area contributed by atoms with E-state index in [2.05, 4.69) is 17.1 Å². The van der Waals surface area contributed by atoms with Crippen LogP contribution in [0.15, 0.2) is 29.2 Å². The maximum Gasteiger partial charge on any atom is 0.227 e. The largest absolute Gasteiger partial charge is 0.356 e. The van der Waals surface area contributed by atoms with E-state index in [9.17, 15) is 9.59 Å². The highest BCUT2D eigenvalue weighted by atomic mass is 32.2. The summed E-state index contributed by atoms with van der Waals surface area (Å²) in [5.41, 5.74) is 0.882. The van der Waals surface area contributed by atoms with Gasteiger partial charge in [0.05, 0.1) is 5.92 Å². The molecule has 5 nitrogen and oxygen atoms in total. The predicted molar refractivity (Wildman–Crippen MR) is 111 cm³/mol. The third-order valence-electron chi connectivity index (χ3n) is 5.71. The van der Waals surface area contributed by atoms with Crippen LogP contribution in [0.4, 0.5) is 5.69 Å². The second-order valence-electron chi connectivity index (χ2n) is 7.77. The number of hydrogen-bond acceptors (Lipinski definition) is 4. The van der Waals surface area contributed by atoms with Crippen LogP contribution in [0.2, 0.25) is 0 Å². The highest BCUT2D eigenvalue weighted by Crippen LogP contribution is 2.27. The maximum atomic E-state index is 12.5. The smallest absolute Gasteiger partial charge is 0.227 e. The molecule has 0 bridgehead atoms. The van der Waals surface area contributed by atoms with Gasteiger partial charge in [-0.25, -0.2) is 0 Å². The molecule has 2 fully saturated rings. The van der Waals surface area contributed by atoms with Gasteiger partial charge in [0.1, 0.15) is 0 Å². The van der Waals surface area contributed by atoms with Crippen molar-refractivity contribution in [3.8, 4) is 0 Å². The van der Waals surface area contributed by atoms with E-state index in [4.69, 9.17) is 0 Å². The Hall–Kier alpha value is -1.53. The number of thioether (sulfide) groups is 1. The van der Waals surface area contributed by atoms with Crippen molar-refractivity contribution in [1.82, 2.24) is 10.2 Å². The van der Waals surface area contributed by atoms with Crippen molar-refractivity contribution in [3.63, 3.8) is 0 Å². The van der Waals surface area contributed by atoms with E-state index in [1.54, 1.807) is 16.7 Å². The Balaban J connectivity index is 1.40. The number of benzene rings is 1. The molecule has 148 valence electrons. The van der Waals surface area contributed by atoms with Gasteiger partial charge in [-0.05, 0) is 75.3 Å². The second-order valence-corrected chi connectivity index (χ2v) is 8.65. The minimum absolute atomic E-state index is 0.0128. The molecule has 0 aliphatic carbocycles. The summed E-state index contributed by atoms with van der Waals surface area (Å²) in [7, 11) is 0. The molecular formula is C21H31N3O2S. The van der Waals surface area contributed by atoms with Gasteiger partial charge in [0, 0.05) is 30.1 Å². The first kappa shape index (κ1) is 20.2. The van der Waals surface area contributed by atoms with Gasteiger partial charge in [0.15, 0.2) is 0 Å². The van der Waals surface area contributed by atoms with Crippen LogP contribution < -0.4 is 10.2 Å². The van der Waals surface area contributed by atoms with Gasteiger partial charge in [-0.1, -0.05) is 6.92 Å². The fourth-order valence-electron chi connectivity index (χ4n) is 3.84. The standard InChI is InChI=1S/C21H31N3O2S/c1-16-8-12-23(13-9-16)11-3-10-22-21(26)17-14-20(25)24(15-17)18-4-6-19(27-2)7-5-18/h4-7,16-17H,3,8-15H2,1-2H3,(H,22,26). The van der Waals surface area contributed by atoms with Crippen molar-refractivity contribution >= 4 is 29.3 Å². The first-order chi connectivity index (χ1) is 13.1. The summed E-state index contributed by atoms with van der Waals surface area (Å²) in [6.45, 7) is 6.89. The summed E-state index contributed by atoms with van der Waals surface area (Å²) in [6.07, 6.45) is 5.87. The molecule has 2 heterocycles. The summed E-state index contributed by atoms with van der Waals surface area (Å²) in [5.74, 6) is 0.655. The van der Waals surface area contributed by atoms with Gasteiger partial charge in [-0.15, -0.1) is 11.8 Å². The first-order valence-electron chi connectivity index (χ1n) is 10.0. The molecule has 0 saturated carbocycles. The monoisotopic (exact) mass is 389 g/mol. The fourth-order valence-corrected chi connectivity index (χ4v) is 4.25. The molecule has 2 amide bonds. The Labute approximate surface area is 166 Å². The van der Waals surface area contributed by atoms with Crippen LogP contribution in [0.25, 0.3) is 0 Å². The topological polar surface area (TPSA) is 52.7 Å². The van der Waals surface area contributed by atoms with Crippen molar-refractivity contribution in [1.29, 1.82) is 0 Å². The molecule has 6 heteroatoms. The van der Waals surface area contributed by atoms with Crippen molar-refractivity contribution in [3.05, 3.63) is 24.3 Å². The van der Waals surface area contributed by atoms with Crippen molar-refractivity contribution < 1.29 is 9.59 Å². The number of nitrogens with zero attached hydrogens (tertiary/aromatic N) is 2. The number of carbonyl (C=O) groups excluding carboxylic acids is 2. The molecule has 2 aliphatic rings. The van der Waals surface area contributed by atoms with Crippen LogP contribution in [0.5, 0.6) is 0 Å². The summed E-state index contributed by atoms with van der Waals surface area (Å²) in [4.78, 5) is 30.2. The lowest BCUT2D eigenvalue weighted by molar-refractivity contribution is -0.126. The molecule has 1 atom stereocenters. The molecule has 1 aromatic rings. The lowest BCUT2D eigenvalue weighted by Crippen LogP contribution is -2.37. The number of nitrogens with one attached hydrogen (secondary N) is 1. The highest BCUT2D eigenvalue weighted by Gasteiger charge is 2.34. The first-order valence-corrected chi connectivity index (χ1v) is 11.2. The van der Waals surface area contributed by atoms with Gasteiger partial charge in [-0.2, -0.15) is 0 Å². The lowest BCUT2D eigenvalue weighted by Gasteiger charge is -2.30. The zero-order chi connectivity index (χ0) is 19.2. The van der Waals surface area contributed by atoms with Gasteiger partial charge >= 0.3 is 0 Å². The fraction of sp³-hybridized carbons (Fsp3) is 0.619. The molecule has 1 unspecified atom stereocenters. The molecule has 3 rings (SSSR count). The molecule has 2 saturated heterocycles. The van der Waals surface area contributed by atoms with E-state index >= 15 is 0 Å². The SMILES string of the molecule is CSc1ccc(N2CC(C(=O)NCCCN3CCC(C)CC3)CC2=O)cc1. The summed E-state index contributed by atoms with van der Waals surface area (Å²) in [6, 6.07) is 7.96. The molecule has 1 N–H and O–H groups in total. The number of piperidine rings is 1. The van der Waals surface area contributed by atoms with Gasteiger partial charge in [0.25, 0.3) is 0 Å². The number of rotatable bonds is 7. The summed E-state index contributed by atoms with van der Waals surface area (Å²) in [5, 5.41) is 3.04. The van der Waals surface area contributed by atoms with Gasteiger partial charge in [-0.3, -0.25) is 9.59 Å². The Kier molecular flexibility index (Phi) is 7.19. The number of amides is 2. The van der Waals surface area contributed by atoms with Gasteiger partial charge < -0.3 is 15.1 Å². The Morgan fingerprint density at radius 2 is 1.93 bits per heavy atom. The molecule has 0 aromatic heterocycles. The Morgan fingerprint density at radius 1 is 1.22 bits per heavy atom. The molecule has 2 aliphatic heterocycles. The van der Waals surface area contributed by atoms with Gasteiger partial charge in [0.2, 0.25) is 11.8 Å². The maximum absolute atomic E-state index is 12.5. The van der Waals surface area contributed by atoms with Crippen LogP contribution in [-0.4, -0.2) is 55.7 Å². The molecular weight excluding hydrogens is 358 g/mol. The van der Waals surface area contributed by atoms with E-state index in [1.807, 2.05) is 30.5 Å². The lowest BCUT2D eigenvalue weighted by atomic mass is 9.99. The quantitative estimate of drug-likeness (QED) is 0.575. The third kappa shape index (κ3) is 5.48. The van der Waals surface area contributed by atoms with Crippen LogP contribution in [0.1, 0.15) is 32.6 Å². The van der Waals surface area contributed by atoms with Crippen molar-refractivity contribution in [2.45, 2.75) is 37.5 Å².